The molecule has 1 N–H and O–H groups in total. The van der Waals surface area contributed by atoms with E-state index in [-0.39, 0.29) is 18.2 Å². The molecule has 1 fully saturated rings. The van der Waals surface area contributed by atoms with E-state index in [0.717, 1.165) is 10.1 Å². The van der Waals surface area contributed by atoms with E-state index in [1.165, 1.54) is 15.6 Å². The topological polar surface area (TPSA) is 92.3 Å². The number of nitrogens with one attached hydrogen (secondary N) is 1. The van der Waals surface area contributed by atoms with Crippen LogP contribution in [0, 0.1) is 5.92 Å². The molecule has 28 heavy (non-hydrogen) atoms. The summed E-state index contributed by atoms with van der Waals surface area (Å²) in [6.45, 7) is 2.61. The van der Waals surface area contributed by atoms with Crippen LogP contribution in [0.2, 0.25) is 5.02 Å². The molecule has 3 rings (SSSR count). The van der Waals surface area contributed by atoms with Crippen LogP contribution in [0.3, 0.4) is 0 Å². The molecule has 1 saturated heterocycles. The highest BCUT2D eigenvalue weighted by atomic mass is 35.5. The second-order valence-corrected chi connectivity index (χ2v) is 11.3. The van der Waals surface area contributed by atoms with Crippen LogP contribution < -0.4 is 5.32 Å². The SMILES string of the molecule is CCSc1nnc(NC(=O)C2CCCN(S(=O)(=O)Cc3cccc(Cl)c3)C2)s1. The second-order valence-electron chi connectivity index (χ2n) is 6.38. The lowest BCUT2D eigenvalue weighted by atomic mass is 9.99. The summed E-state index contributed by atoms with van der Waals surface area (Å²) in [5, 5.41) is 11.7. The van der Waals surface area contributed by atoms with Gasteiger partial charge in [-0.25, -0.2) is 12.7 Å². The Morgan fingerprint density at radius 1 is 1.43 bits per heavy atom. The molecule has 1 aliphatic heterocycles. The predicted octanol–water partition coefficient (Wildman–Crippen LogP) is 3.48. The summed E-state index contributed by atoms with van der Waals surface area (Å²) in [5.41, 5.74) is 0.633. The summed E-state index contributed by atoms with van der Waals surface area (Å²) in [6.07, 6.45) is 1.28. The number of aromatic nitrogens is 2. The van der Waals surface area contributed by atoms with Crippen molar-refractivity contribution in [1.29, 1.82) is 0 Å². The number of rotatable bonds is 7. The zero-order valence-corrected chi connectivity index (χ0v) is 18.5. The molecule has 0 radical (unpaired) electrons. The Balaban J connectivity index is 1.62. The molecule has 1 aromatic carbocycles. The quantitative estimate of drug-likeness (QED) is 0.502. The van der Waals surface area contributed by atoms with E-state index in [1.807, 2.05) is 6.92 Å². The molecule has 2 heterocycles. The number of piperidine rings is 1. The number of carbonyl (C=O) groups excluding carboxylic acids is 1. The number of hydrogen-bond acceptors (Lipinski definition) is 7. The predicted molar refractivity (Wildman–Crippen MR) is 113 cm³/mol. The lowest BCUT2D eigenvalue weighted by Gasteiger charge is -2.31. The van der Waals surface area contributed by atoms with E-state index in [4.69, 9.17) is 11.6 Å². The highest BCUT2D eigenvalue weighted by molar-refractivity contribution is 8.01. The van der Waals surface area contributed by atoms with Gasteiger partial charge in [0, 0.05) is 18.1 Å². The fraction of sp³-hybridized carbons (Fsp3) is 0.471. The minimum absolute atomic E-state index is 0.129. The zero-order chi connectivity index (χ0) is 20.1. The Bertz CT molecular complexity index is 935. The van der Waals surface area contributed by atoms with Gasteiger partial charge in [-0.1, -0.05) is 53.8 Å². The Labute approximate surface area is 177 Å². The van der Waals surface area contributed by atoms with E-state index in [2.05, 4.69) is 15.5 Å². The Morgan fingerprint density at radius 3 is 3.00 bits per heavy atom. The van der Waals surface area contributed by atoms with Crippen molar-refractivity contribution in [2.75, 3.05) is 24.2 Å². The van der Waals surface area contributed by atoms with Crippen LogP contribution in [-0.4, -0.2) is 47.7 Å². The molecule has 7 nitrogen and oxygen atoms in total. The van der Waals surface area contributed by atoms with Crippen molar-refractivity contribution in [2.24, 2.45) is 5.92 Å². The Morgan fingerprint density at radius 2 is 2.25 bits per heavy atom. The standard InChI is InChI=1S/C17H21ClN4O3S3/c1-2-26-17-21-20-16(27-17)19-15(23)13-6-4-8-22(10-13)28(24,25)11-12-5-3-7-14(18)9-12/h3,5,7,9,13H,2,4,6,8,10-11H2,1H3,(H,19,20,23). The van der Waals surface area contributed by atoms with Gasteiger partial charge in [0.05, 0.1) is 11.7 Å². The fourth-order valence-corrected chi connectivity index (χ4v) is 6.45. The summed E-state index contributed by atoms with van der Waals surface area (Å²) < 4.78 is 27.8. The number of sulfonamides is 1. The van der Waals surface area contributed by atoms with Gasteiger partial charge in [0.15, 0.2) is 4.34 Å². The molecule has 0 saturated carbocycles. The van der Waals surface area contributed by atoms with Crippen molar-refractivity contribution in [2.45, 2.75) is 29.9 Å². The lowest BCUT2D eigenvalue weighted by Crippen LogP contribution is -2.44. The van der Waals surface area contributed by atoms with Crippen molar-refractivity contribution in [1.82, 2.24) is 14.5 Å². The number of hydrogen-bond donors (Lipinski definition) is 1. The van der Waals surface area contributed by atoms with Gasteiger partial charge in [0.1, 0.15) is 0 Å². The molecular formula is C17H21ClN4O3S3. The molecule has 0 bridgehead atoms. The number of amides is 1. The summed E-state index contributed by atoms with van der Waals surface area (Å²) >= 11 is 8.83. The van der Waals surface area contributed by atoms with Crippen LogP contribution in [0.15, 0.2) is 28.6 Å². The fourth-order valence-electron chi connectivity index (χ4n) is 2.99. The van der Waals surface area contributed by atoms with Crippen LogP contribution in [0.25, 0.3) is 0 Å². The molecular weight excluding hydrogens is 440 g/mol. The zero-order valence-electron chi connectivity index (χ0n) is 15.3. The minimum Gasteiger partial charge on any atom is -0.300 e. The van der Waals surface area contributed by atoms with Gasteiger partial charge in [0.25, 0.3) is 0 Å². The average Bonchev–Trinajstić information content (AvgIpc) is 3.09. The first-order valence-electron chi connectivity index (χ1n) is 8.87. The second kappa shape index (κ2) is 9.53. The van der Waals surface area contributed by atoms with Gasteiger partial charge in [-0.2, -0.15) is 0 Å². The van der Waals surface area contributed by atoms with Gasteiger partial charge in [-0.3, -0.25) is 4.79 Å². The number of anilines is 1. The largest absolute Gasteiger partial charge is 0.300 e. The van der Waals surface area contributed by atoms with Crippen LogP contribution in [-0.2, 0) is 20.6 Å². The summed E-state index contributed by atoms with van der Waals surface area (Å²) in [6, 6.07) is 6.82. The van der Waals surface area contributed by atoms with Crippen LogP contribution >= 0.6 is 34.7 Å². The molecule has 1 aliphatic rings. The van der Waals surface area contributed by atoms with E-state index in [1.54, 1.807) is 36.0 Å². The number of carbonyl (C=O) groups is 1. The normalized spacial score (nSPS) is 18.1. The van der Waals surface area contributed by atoms with E-state index in [0.29, 0.717) is 35.1 Å². The van der Waals surface area contributed by atoms with Gasteiger partial charge in [-0.05, 0) is 36.3 Å². The molecule has 152 valence electrons. The van der Waals surface area contributed by atoms with Crippen molar-refractivity contribution in [3.63, 3.8) is 0 Å². The van der Waals surface area contributed by atoms with Crippen molar-refractivity contribution >= 4 is 55.8 Å². The monoisotopic (exact) mass is 460 g/mol. The molecule has 0 aliphatic carbocycles. The molecule has 1 aromatic heterocycles. The lowest BCUT2D eigenvalue weighted by molar-refractivity contribution is -0.120. The van der Waals surface area contributed by atoms with Crippen molar-refractivity contribution in [3.05, 3.63) is 34.9 Å². The number of thioether (sulfide) groups is 1. The maximum atomic E-state index is 12.8. The maximum absolute atomic E-state index is 12.8. The third kappa shape index (κ3) is 5.66. The van der Waals surface area contributed by atoms with Crippen LogP contribution in [0.1, 0.15) is 25.3 Å². The molecule has 1 atom stereocenters. The maximum Gasteiger partial charge on any atom is 0.230 e. The molecule has 2 aromatic rings. The minimum atomic E-state index is -3.53. The highest BCUT2D eigenvalue weighted by Gasteiger charge is 2.32. The van der Waals surface area contributed by atoms with Crippen LogP contribution in [0.4, 0.5) is 5.13 Å². The number of nitrogens with zero attached hydrogens (tertiary/aromatic N) is 3. The first-order chi connectivity index (χ1) is 13.4. The van der Waals surface area contributed by atoms with Crippen molar-refractivity contribution < 1.29 is 13.2 Å². The molecule has 11 heteroatoms. The third-order valence-corrected chi connectivity index (χ3v) is 8.20. The highest BCUT2D eigenvalue weighted by Crippen LogP contribution is 2.27. The van der Waals surface area contributed by atoms with Gasteiger partial charge in [-0.15, -0.1) is 10.2 Å². The van der Waals surface area contributed by atoms with Gasteiger partial charge >= 0.3 is 0 Å². The van der Waals surface area contributed by atoms with Gasteiger partial charge in [0.2, 0.25) is 21.1 Å². The number of benzene rings is 1. The summed E-state index contributed by atoms with van der Waals surface area (Å²) in [7, 11) is -3.53. The Hall–Kier alpha value is -1.20. The van der Waals surface area contributed by atoms with E-state index < -0.39 is 15.9 Å². The third-order valence-electron chi connectivity index (χ3n) is 4.29. The molecule has 0 spiro atoms. The van der Waals surface area contributed by atoms with E-state index in [9.17, 15) is 13.2 Å². The number of halogens is 1. The molecule has 1 unspecified atom stereocenters. The first-order valence-corrected chi connectivity index (χ1v) is 12.7. The summed E-state index contributed by atoms with van der Waals surface area (Å²) in [5.74, 6) is 0.126. The van der Waals surface area contributed by atoms with Crippen molar-refractivity contribution in [3.8, 4) is 0 Å². The van der Waals surface area contributed by atoms with E-state index >= 15 is 0 Å². The smallest absolute Gasteiger partial charge is 0.230 e. The van der Waals surface area contributed by atoms with Crippen LogP contribution in [0.5, 0.6) is 0 Å². The average molecular weight is 461 g/mol. The summed E-state index contributed by atoms with van der Waals surface area (Å²) in [4.78, 5) is 12.6. The Kier molecular flexibility index (Phi) is 7.32. The first kappa shape index (κ1) is 21.5. The molecule has 1 amide bonds. The van der Waals surface area contributed by atoms with Gasteiger partial charge < -0.3 is 5.32 Å².